The number of nitrogens with zero attached hydrogens (tertiary/aromatic N) is 2. The molecule has 0 unspecified atom stereocenters. The maximum atomic E-state index is 6.33. The molecule has 6 nitrogen and oxygen atoms in total. The predicted octanol–water partition coefficient (Wildman–Crippen LogP) is 19.3. The van der Waals surface area contributed by atoms with Crippen molar-refractivity contribution in [3.8, 4) is 44.5 Å². The molecule has 0 spiro atoms. The molecule has 0 amide bonds. The van der Waals surface area contributed by atoms with E-state index in [0.29, 0.717) is 0 Å². The molecule has 13 aromatic rings. The highest BCUT2D eigenvalue weighted by molar-refractivity contribution is 7.00. The molecule has 394 valence electrons. The number of furan rings is 4. The lowest BCUT2D eigenvalue weighted by Crippen LogP contribution is -2.61. The van der Waals surface area contributed by atoms with E-state index in [4.69, 9.17) is 17.7 Å². The van der Waals surface area contributed by atoms with Crippen molar-refractivity contribution in [2.24, 2.45) is 0 Å². The minimum atomic E-state index is -0.248. The normalized spacial score (nSPS) is 13.4. The van der Waals surface area contributed by atoms with Gasteiger partial charge in [-0.15, -0.1) is 0 Å². The first kappa shape index (κ1) is 48.9. The summed E-state index contributed by atoms with van der Waals surface area (Å²) < 4.78 is 25.3. The predicted molar refractivity (Wildman–Crippen MR) is 337 cm³/mol. The molecule has 0 fully saturated rings. The van der Waals surface area contributed by atoms with Crippen LogP contribution in [0.2, 0.25) is 0 Å². The zero-order valence-corrected chi connectivity index (χ0v) is 47.2. The lowest BCUT2D eigenvalue weighted by Gasteiger charge is -2.46. The van der Waals surface area contributed by atoms with Gasteiger partial charge in [-0.1, -0.05) is 159 Å². The third kappa shape index (κ3) is 7.84. The fraction of sp³-hybridized carbons (Fsp3) is 0.162. The Bertz CT molecular complexity index is 4220. The van der Waals surface area contributed by atoms with Crippen LogP contribution in [0.1, 0.15) is 79.0 Å². The Hall–Kier alpha value is -9.20. The SMILES string of the molecule is CC(C)(C)c1ccc2c(c1)B1c3cc(C(C)(C)C)ccc3N(c3cc(-c4coc5ccccc45)cc(-c4coc5ccccc45)c3)c3cc(C(C)(C)C)cc(c31)N2c1cc(-c2coc3ccccc23)cc(-c2coc3ccccc23)c1. The van der Waals surface area contributed by atoms with Gasteiger partial charge in [0, 0.05) is 77.9 Å². The van der Waals surface area contributed by atoms with Gasteiger partial charge in [0.1, 0.15) is 22.3 Å². The first-order valence-electron chi connectivity index (χ1n) is 28.3. The standard InChI is InChI=1S/C74H61BN2O4/c1-72(2,3)48-26-28-63-61(36-48)75-62-37-49(73(4,5)6)27-29-64(62)77(52-34-46(59-42-80-69-24-16-12-20-55(59)69)31-47(35-52)60-43-81-70-25-17-13-21-56(60)70)66-39-50(74(7,8)9)38-65(71(66)75)76(63)51-32-44(57-40-78-67-22-14-10-18-53(57)67)30-45(33-51)58-41-79-68-23-15-11-19-54(58)68/h10-43H,1-9H3. The lowest BCUT2D eigenvalue weighted by molar-refractivity contribution is 0.590. The highest BCUT2D eigenvalue weighted by atomic mass is 16.3. The number of hydrogen-bond donors (Lipinski definition) is 0. The molecule has 2 aliphatic rings. The quantitative estimate of drug-likeness (QED) is 0.155. The number of rotatable bonds is 6. The third-order valence-electron chi connectivity index (χ3n) is 17.2. The number of benzene rings is 9. The van der Waals surface area contributed by atoms with E-state index in [-0.39, 0.29) is 23.0 Å². The second-order valence-electron chi connectivity index (χ2n) is 25.4. The van der Waals surface area contributed by atoms with Crippen LogP contribution in [0, 0.1) is 0 Å². The van der Waals surface area contributed by atoms with E-state index in [9.17, 15) is 0 Å². The molecule has 0 radical (unpaired) electrons. The van der Waals surface area contributed by atoms with Crippen LogP contribution >= 0.6 is 0 Å². The van der Waals surface area contributed by atoms with Crippen LogP contribution < -0.4 is 26.2 Å². The van der Waals surface area contributed by atoms with Crippen molar-refractivity contribution in [1.82, 2.24) is 0 Å². The van der Waals surface area contributed by atoms with Crippen molar-refractivity contribution in [1.29, 1.82) is 0 Å². The van der Waals surface area contributed by atoms with E-state index in [1.807, 2.05) is 73.6 Å². The molecule has 7 heteroatoms. The molecule has 81 heavy (non-hydrogen) atoms. The summed E-state index contributed by atoms with van der Waals surface area (Å²) in [5.41, 5.74) is 25.5. The first-order valence-corrected chi connectivity index (χ1v) is 28.3. The molecule has 0 aliphatic carbocycles. The lowest BCUT2D eigenvalue weighted by atomic mass is 9.33. The van der Waals surface area contributed by atoms with Gasteiger partial charge in [0.15, 0.2) is 0 Å². The van der Waals surface area contributed by atoms with Gasteiger partial charge < -0.3 is 27.5 Å². The van der Waals surface area contributed by atoms with Crippen LogP contribution in [0.3, 0.4) is 0 Å². The van der Waals surface area contributed by atoms with Crippen molar-refractivity contribution in [3.63, 3.8) is 0 Å². The third-order valence-corrected chi connectivity index (χ3v) is 17.2. The topological polar surface area (TPSA) is 59.0 Å². The van der Waals surface area contributed by atoms with E-state index in [2.05, 4.69) is 206 Å². The monoisotopic (exact) mass is 1050 g/mol. The molecular weight excluding hydrogens is 992 g/mol. The van der Waals surface area contributed by atoms with Crippen molar-refractivity contribution in [2.75, 3.05) is 9.80 Å². The summed E-state index contributed by atoms with van der Waals surface area (Å²) in [7, 11) is 0. The van der Waals surface area contributed by atoms with Gasteiger partial charge in [-0.25, -0.2) is 0 Å². The minimum absolute atomic E-state index is 0.123. The Labute approximate surface area is 473 Å². The van der Waals surface area contributed by atoms with Gasteiger partial charge >= 0.3 is 0 Å². The highest BCUT2D eigenvalue weighted by Gasteiger charge is 2.45. The van der Waals surface area contributed by atoms with E-state index < -0.39 is 0 Å². The van der Waals surface area contributed by atoms with Crippen LogP contribution in [0.4, 0.5) is 34.1 Å². The summed E-state index contributed by atoms with van der Waals surface area (Å²) in [5, 5.41) is 4.26. The van der Waals surface area contributed by atoms with Crippen LogP contribution in [0.25, 0.3) is 88.4 Å². The second kappa shape index (κ2) is 17.7. The molecule has 0 saturated carbocycles. The van der Waals surface area contributed by atoms with Gasteiger partial charge in [-0.2, -0.15) is 0 Å². The van der Waals surface area contributed by atoms with Gasteiger partial charge in [-0.3, -0.25) is 0 Å². The van der Waals surface area contributed by atoms with Crippen LogP contribution in [0.5, 0.6) is 0 Å². The summed E-state index contributed by atoms with van der Waals surface area (Å²) >= 11 is 0. The largest absolute Gasteiger partial charge is 0.464 e. The Kier molecular flexibility index (Phi) is 10.7. The Balaban J connectivity index is 1.06. The first-order chi connectivity index (χ1) is 39.0. The molecule has 2 aliphatic heterocycles. The molecule has 9 aromatic carbocycles. The fourth-order valence-corrected chi connectivity index (χ4v) is 12.8. The highest BCUT2D eigenvalue weighted by Crippen LogP contribution is 2.51. The van der Waals surface area contributed by atoms with Crippen molar-refractivity contribution in [2.45, 2.75) is 78.6 Å². The number of para-hydroxylation sites is 4. The molecule has 0 atom stereocenters. The Morgan fingerprint density at radius 1 is 0.309 bits per heavy atom. The molecule has 0 N–H and O–H groups in total. The molecule has 0 bridgehead atoms. The summed E-state index contributed by atoms with van der Waals surface area (Å²) in [5.74, 6) is 0. The molecule has 0 saturated heterocycles. The van der Waals surface area contributed by atoms with Gasteiger partial charge in [-0.05, 0) is 157 Å². The van der Waals surface area contributed by atoms with Gasteiger partial charge in [0.2, 0.25) is 0 Å². The summed E-state index contributed by atoms with van der Waals surface area (Å²) in [6.07, 6.45) is 7.67. The second-order valence-corrected chi connectivity index (χ2v) is 25.4. The maximum Gasteiger partial charge on any atom is 0.252 e. The number of hydrogen-bond acceptors (Lipinski definition) is 6. The Morgan fingerprint density at radius 3 is 0.926 bits per heavy atom. The fourth-order valence-electron chi connectivity index (χ4n) is 12.8. The van der Waals surface area contributed by atoms with Gasteiger partial charge in [0.05, 0.1) is 25.1 Å². The van der Waals surface area contributed by atoms with E-state index in [0.717, 1.165) is 123 Å². The average molecular weight is 1050 g/mol. The molecule has 4 aromatic heterocycles. The van der Waals surface area contributed by atoms with Crippen LogP contribution in [0.15, 0.2) is 225 Å². The Morgan fingerprint density at radius 2 is 0.617 bits per heavy atom. The van der Waals surface area contributed by atoms with E-state index >= 15 is 0 Å². The minimum Gasteiger partial charge on any atom is -0.464 e. The summed E-state index contributed by atoms with van der Waals surface area (Å²) in [6.45, 7) is 20.9. The number of fused-ring (bicyclic) bond motifs is 8. The van der Waals surface area contributed by atoms with Crippen molar-refractivity contribution >= 4 is 101 Å². The van der Waals surface area contributed by atoms with E-state index in [1.165, 1.54) is 33.1 Å². The molecular formula is C74H61BN2O4. The number of anilines is 6. The van der Waals surface area contributed by atoms with Crippen LogP contribution in [-0.4, -0.2) is 6.71 Å². The maximum absolute atomic E-state index is 6.33. The van der Waals surface area contributed by atoms with Crippen molar-refractivity contribution in [3.05, 3.63) is 224 Å². The van der Waals surface area contributed by atoms with Crippen LogP contribution in [-0.2, 0) is 16.2 Å². The smallest absolute Gasteiger partial charge is 0.252 e. The summed E-state index contributed by atoms with van der Waals surface area (Å²) in [4.78, 5) is 5.13. The van der Waals surface area contributed by atoms with Crippen molar-refractivity contribution < 1.29 is 17.7 Å². The zero-order valence-electron chi connectivity index (χ0n) is 47.2. The average Bonchev–Trinajstić information content (AvgIpc) is 2.85. The zero-order chi connectivity index (χ0) is 55.3. The van der Waals surface area contributed by atoms with E-state index in [1.54, 1.807) is 0 Å². The summed E-state index contributed by atoms with van der Waals surface area (Å²) in [6, 6.07) is 67.0. The molecule has 15 rings (SSSR count). The van der Waals surface area contributed by atoms with Gasteiger partial charge in [0.25, 0.3) is 6.71 Å². The molecule has 6 heterocycles.